The van der Waals surface area contributed by atoms with E-state index in [1.165, 1.54) is 0 Å². The fourth-order valence-corrected chi connectivity index (χ4v) is 3.27. The predicted octanol–water partition coefficient (Wildman–Crippen LogP) is 3.27. The summed E-state index contributed by atoms with van der Waals surface area (Å²) >= 11 is 0. The van der Waals surface area contributed by atoms with Crippen LogP contribution in [0.2, 0.25) is 0 Å². The van der Waals surface area contributed by atoms with Gasteiger partial charge in [0.1, 0.15) is 0 Å². The van der Waals surface area contributed by atoms with Crippen LogP contribution >= 0.6 is 0 Å². The number of hydrogen-bond donors (Lipinski definition) is 2. The summed E-state index contributed by atoms with van der Waals surface area (Å²) in [5.74, 6) is -2.21. The van der Waals surface area contributed by atoms with E-state index in [0.717, 1.165) is 11.1 Å². The molecule has 1 saturated carbocycles. The molecule has 138 valence electrons. The molecule has 0 aliphatic heterocycles. The summed E-state index contributed by atoms with van der Waals surface area (Å²) in [5, 5.41) is 5.11. The molecule has 2 amide bonds. The van der Waals surface area contributed by atoms with Gasteiger partial charge in [0.25, 0.3) is 5.91 Å². The topological polar surface area (TPSA) is 58.2 Å². The molecule has 2 atom stereocenters. The van der Waals surface area contributed by atoms with Crippen molar-refractivity contribution in [2.45, 2.75) is 51.7 Å². The minimum absolute atomic E-state index is 0.0970. The molecule has 1 aromatic carbocycles. The maximum atomic E-state index is 12.8. The van der Waals surface area contributed by atoms with Crippen LogP contribution in [-0.2, 0) is 4.79 Å². The molecule has 2 rings (SSSR count). The van der Waals surface area contributed by atoms with Gasteiger partial charge in [-0.3, -0.25) is 9.59 Å². The van der Waals surface area contributed by atoms with Crippen LogP contribution in [0.25, 0.3) is 0 Å². The molecular formula is C18H23F3N2O2. The highest BCUT2D eigenvalue weighted by molar-refractivity contribution is 5.96. The molecule has 1 aromatic rings. The lowest BCUT2D eigenvalue weighted by atomic mass is 9.85. The minimum atomic E-state index is -4.22. The van der Waals surface area contributed by atoms with E-state index in [2.05, 4.69) is 10.6 Å². The highest BCUT2D eigenvalue weighted by Crippen LogP contribution is 2.37. The Labute approximate surface area is 145 Å². The van der Waals surface area contributed by atoms with Crippen LogP contribution in [0.4, 0.5) is 13.2 Å². The van der Waals surface area contributed by atoms with Crippen LogP contribution in [0.15, 0.2) is 18.2 Å². The first-order valence-corrected chi connectivity index (χ1v) is 8.37. The first-order valence-electron chi connectivity index (χ1n) is 8.37. The van der Waals surface area contributed by atoms with Crippen LogP contribution in [-0.4, -0.2) is 30.6 Å². The fourth-order valence-electron chi connectivity index (χ4n) is 3.27. The number of carbonyl (C=O) groups excluding carboxylic acids is 2. The summed E-state index contributed by atoms with van der Waals surface area (Å²) < 4.78 is 38.4. The van der Waals surface area contributed by atoms with Gasteiger partial charge in [0.05, 0.1) is 12.5 Å². The molecular weight excluding hydrogens is 333 g/mol. The number of hydrogen-bond acceptors (Lipinski definition) is 2. The Morgan fingerprint density at radius 1 is 1.12 bits per heavy atom. The summed E-state index contributed by atoms with van der Waals surface area (Å²) in [4.78, 5) is 24.0. The van der Waals surface area contributed by atoms with Gasteiger partial charge in [-0.1, -0.05) is 23.6 Å². The van der Waals surface area contributed by atoms with Crippen molar-refractivity contribution in [1.29, 1.82) is 0 Å². The molecule has 2 N–H and O–H groups in total. The third-order valence-electron chi connectivity index (χ3n) is 4.40. The lowest BCUT2D eigenvalue weighted by molar-refractivity contribution is -0.184. The zero-order chi connectivity index (χ0) is 18.6. The number of carbonyl (C=O) groups is 2. The highest BCUT2D eigenvalue weighted by Gasteiger charge is 2.42. The van der Waals surface area contributed by atoms with Crippen LogP contribution in [0.1, 0.15) is 47.2 Å². The third kappa shape index (κ3) is 5.76. The third-order valence-corrected chi connectivity index (χ3v) is 4.40. The monoisotopic (exact) mass is 356 g/mol. The van der Waals surface area contributed by atoms with Crippen molar-refractivity contribution in [3.05, 3.63) is 34.9 Å². The van der Waals surface area contributed by atoms with Gasteiger partial charge in [0.15, 0.2) is 0 Å². The van der Waals surface area contributed by atoms with Crippen molar-refractivity contribution in [3.8, 4) is 0 Å². The van der Waals surface area contributed by atoms with Crippen molar-refractivity contribution >= 4 is 11.8 Å². The standard InChI is InChI=1S/C18H23F3N2O2/c1-11-6-12(2)8-13(7-11)17(25)22-10-16(24)23-15-5-3-4-14(9-15)18(19,20)21/h6-8,14-15H,3-5,9-10H2,1-2H3,(H,22,25)(H,23,24)/t14-,15-/m0/s1. The SMILES string of the molecule is Cc1cc(C)cc(C(=O)NCC(=O)N[C@H]2CCC[C@H](C(F)(F)F)C2)c1. The van der Waals surface area contributed by atoms with E-state index in [-0.39, 0.29) is 25.3 Å². The number of alkyl halides is 3. The Bertz CT molecular complexity index is 623. The molecule has 25 heavy (non-hydrogen) atoms. The molecule has 0 heterocycles. The maximum absolute atomic E-state index is 12.8. The minimum Gasteiger partial charge on any atom is -0.352 e. The molecule has 7 heteroatoms. The van der Waals surface area contributed by atoms with Crippen LogP contribution in [0.5, 0.6) is 0 Å². The number of amides is 2. The Balaban J connectivity index is 1.83. The normalized spacial score (nSPS) is 20.8. The first-order chi connectivity index (χ1) is 11.6. The van der Waals surface area contributed by atoms with Crippen molar-refractivity contribution in [3.63, 3.8) is 0 Å². The van der Waals surface area contributed by atoms with Gasteiger partial charge in [-0.15, -0.1) is 0 Å². The summed E-state index contributed by atoms with van der Waals surface area (Å²) in [5.41, 5.74) is 2.34. The molecule has 0 aromatic heterocycles. The summed E-state index contributed by atoms with van der Waals surface area (Å²) in [6, 6.07) is 4.87. The van der Waals surface area contributed by atoms with Crippen molar-refractivity contribution in [2.24, 2.45) is 5.92 Å². The van der Waals surface area contributed by atoms with Gasteiger partial charge >= 0.3 is 6.18 Å². The van der Waals surface area contributed by atoms with Gasteiger partial charge in [-0.05, 0) is 45.2 Å². The number of rotatable bonds is 4. The van der Waals surface area contributed by atoms with E-state index in [4.69, 9.17) is 0 Å². The number of halogens is 3. The van der Waals surface area contributed by atoms with E-state index in [0.29, 0.717) is 18.4 Å². The van der Waals surface area contributed by atoms with E-state index in [1.807, 2.05) is 19.9 Å². The van der Waals surface area contributed by atoms with E-state index in [1.54, 1.807) is 12.1 Å². The maximum Gasteiger partial charge on any atom is 0.391 e. The van der Waals surface area contributed by atoms with Crippen molar-refractivity contribution in [1.82, 2.24) is 10.6 Å². The van der Waals surface area contributed by atoms with Crippen molar-refractivity contribution in [2.75, 3.05) is 6.54 Å². The average molecular weight is 356 g/mol. The molecule has 0 bridgehead atoms. The lowest BCUT2D eigenvalue weighted by Gasteiger charge is -2.31. The lowest BCUT2D eigenvalue weighted by Crippen LogP contribution is -2.45. The molecule has 1 aliphatic carbocycles. The summed E-state index contributed by atoms with van der Waals surface area (Å²) in [7, 11) is 0. The zero-order valence-corrected chi connectivity index (χ0v) is 14.4. The zero-order valence-electron chi connectivity index (χ0n) is 14.4. The second kappa shape index (κ2) is 7.89. The quantitative estimate of drug-likeness (QED) is 0.870. The van der Waals surface area contributed by atoms with Crippen molar-refractivity contribution < 1.29 is 22.8 Å². The van der Waals surface area contributed by atoms with Gasteiger partial charge in [0, 0.05) is 11.6 Å². The first kappa shape index (κ1) is 19.3. The Hall–Kier alpha value is -2.05. The molecule has 1 aliphatic rings. The highest BCUT2D eigenvalue weighted by atomic mass is 19.4. The van der Waals surface area contributed by atoms with Gasteiger partial charge < -0.3 is 10.6 Å². The van der Waals surface area contributed by atoms with Crippen LogP contribution in [0.3, 0.4) is 0 Å². The second-order valence-electron chi connectivity index (χ2n) is 6.73. The van der Waals surface area contributed by atoms with E-state index in [9.17, 15) is 22.8 Å². The molecule has 4 nitrogen and oxygen atoms in total. The Kier molecular flexibility index (Phi) is 6.08. The molecule has 1 fully saturated rings. The summed E-state index contributed by atoms with van der Waals surface area (Å²) in [6.45, 7) is 3.49. The van der Waals surface area contributed by atoms with E-state index >= 15 is 0 Å². The summed E-state index contributed by atoms with van der Waals surface area (Å²) in [6.07, 6.45) is -3.24. The predicted molar refractivity (Wildman–Crippen MR) is 88.2 cm³/mol. The number of benzene rings is 1. The smallest absolute Gasteiger partial charge is 0.352 e. The van der Waals surface area contributed by atoms with Gasteiger partial charge in [-0.2, -0.15) is 13.2 Å². The van der Waals surface area contributed by atoms with Gasteiger partial charge in [0.2, 0.25) is 5.91 Å². The van der Waals surface area contributed by atoms with Crippen LogP contribution < -0.4 is 10.6 Å². The molecule has 0 unspecified atom stereocenters. The largest absolute Gasteiger partial charge is 0.391 e. The fraction of sp³-hybridized carbons (Fsp3) is 0.556. The van der Waals surface area contributed by atoms with Crippen LogP contribution in [0, 0.1) is 19.8 Å². The molecule has 0 saturated heterocycles. The molecule has 0 radical (unpaired) electrons. The second-order valence-corrected chi connectivity index (χ2v) is 6.73. The Morgan fingerprint density at radius 2 is 1.76 bits per heavy atom. The number of aryl methyl sites for hydroxylation is 2. The Morgan fingerprint density at radius 3 is 2.36 bits per heavy atom. The van der Waals surface area contributed by atoms with E-state index < -0.39 is 24.0 Å². The van der Waals surface area contributed by atoms with Gasteiger partial charge in [-0.25, -0.2) is 0 Å². The number of nitrogens with one attached hydrogen (secondary N) is 2. The average Bonchev–Trinajstić information content (AvgIpc) is 2.51. The molecule has 0 spiro atoms.